The maximum Gasteiger partial charge on any atom is 0.122 e. The number of hydrogen-bond donors (Lipinski definition) is 1. The molecule has 0 saturated carbocycles. The fourth-order valence-corrected chi connectivity index (χ4v) is 1.79. The Hall–Kier alpha value is -1.02. The molecule has 1 N–H and O–H groups in total. The Morgan fingerprint density at radius 2 is 2.31 bits per heavy atom. The minimum atomic E-state index is 0.389. The first-order chi connectivity index (χ1) is 6.29. The first-order valence-electron chi connectivity index (χ1n) is 4.65. The molecule has 2 heteroatoms. The molecule has 0 aromatic heterocycles. The Labute approximate surface area is 78.2 Å². The van der Waals surface area contributed by atoms with Crippen LogP contribution in [-0.4, -0.2) is 18.3 Å². The fraction of sp³-hybridized carbons (Fsp3) is 0.455. The van der Waals surface area contributed by atoms with Crippen molar-refractivity contribution in [2.24, 2.45) is 0 Å². The molecule has 2 nitrogen and oxygen atoms in total. The summed E-state index contributed by atoms with van der Waals surface area (Å²) in [6.07, 6.45) is 1.02. The molecule has 1 atom stereocenters. The predicted octanol–water partition coefficient (Wildman–Crippen LogP) is 2.20. The molecule has 1 aromatic carbocycles. The smallest absolute Gasteiger partial charge is 0.122 e. The maximum absolute atomic E-state index is 9.80. The maximum atomic E-state index is 9.80. The van der Waals surface area contributed by atoms with Gasteiger partial charge in [0.25, 0.3) is 0 Å². The molecule has 1 aliphatic heterocycles. The number of ether oxygens (including phenoxy) is 1. The summed E-state index contributed by atoms with van der Waals surface area (Å²) in [5.41, 5.74) is 1.99. The molecule has 70 valence electrons. The van der Waals surface area contributed by atoms with Crippen LogP contribution in [0.3, 0.4) is 0 Å². The second-order valence-corrected chi connectivity index (χ2v) is 3.57. The monoisotopic (exact) mass is 178 g/mol. The first-order valence-corrected chi connectivity index (χ1v) is 4.65. The average Bonchev–Trinajstić information content (AvgIpc) is 2.62. The number of aromatic hydroxyl groups is 1. The highest BCUT2D eigenvalue weighted by molar-refractivity contribution is 5.41. The van der Waals surface area contributed by atoms with Crippen LogP contribution in [0.2, 0.25) is 0 Å². The largest absolute Gasteiger partial charge is 0.507 e. The molecule has 0 spiro atoms. The van der Waals surface area contributed by atoms with Gasteiger partial charge in [-0.3, -0.25) is 0 Å². The van der Waals surface area contributed by atoms with E-state index in [-0.39, 0.29) is 0 Å². The van der Waals surface area contributed by atoms with E-state index in [1.54, 1.807) is 0 Å². The van der Waals surface area contributed by atoms with Crippen molar-refractivity contribution in [2.45, 2.75) is 19.3 Å². The van der Waals surface area contributed by atoms with E-state index in [0.717, 1.165) is 30.8 Å². The van der Waals surface area contributed by atoms with Gasteiger partial charge in [0.1, 0.15) is 5.75 Å². The van der Waals surface area contributed by atoms with E-state index < -0.39 is 0 Å². The third kappa shape index (κ3) is 1.54. The van der Waals surface area contributed by atoms with Gasteiger partial charge < -0.3 is 9.84 Å². The van der Waals surface area contributed by atoms with E-state index in [4.69, 9.17) is 4.74 Å². The molecule has 0 aliphatic carbocycles. The number of aryl methyl sites for hydroxylation is 1. The Balaban J connectivity index is 2.33. The van der Waals surface area contributed by atoms with Crippen molar-refractivity contribution in [3.05, 3.63) is 29.3 Å². The summed E-state index contributed by atoms with van der Waals surface area (Å²) in [6.45, 7) is 3.49. The van der Waals surface area contributed by atoms with Crippen LogP contribution in [0.5, 0.6) is 5.75 Å². The summed E-state index contributed by atoms with van der Waals surface area (Å²) in [5, 5.41) is 9.80. The quantitative estimate of drug-likeness (QED) is 0.714. The molecule has 0 bridgehead atoms. The van der Waals surface area contributed by atoms with Gasteiger partial charge in [-0.05, 0) is 24.5 Å². The van der Waals surface area contributed by atoms with Crippen molar-refractivity contribution < 1.29 is 9.84 Å². The Morgan fingerprint density at radius 3 is 3.00 bits per heavy atom. The SMILES string of the molecule is Cc1cccc([C@@H]2CCOC2)c1O. The molecule has 0 radical (unpaired) electrons. The highest BCUT2D eigenvalue weighted by atomic mass is 16.5. The number of phenols is 1. The summed E-state index contributed by atoms with van der Waals surface area (Å²) >= 11 is 0. The van der Waals surface area contributed by atoms with E-state index in [0.29, 0.717) is 11.7 Å². The van der Waals surface area contributed by atoms with Gasteiger partial charge in [-0.25, -0.2) is 0 Å². The Bertz CT molecular complexity index is 301. The van der Waals surface area contributed by atoms with Crippen molar-refractivity contribution in [3.63, 3.8) is 0 Å². The first kappa shape index (κ1) is 8.57. The molecular weight excluding hydrogens is 164 g/mol. The third-order valence-electron chi connectivity index (χ3n) is 2.64. The molecule has 0 unspecified atom stereocenters. The van der Waals surface area contributed by atoms with E-state index in [9.17, 15) is 5.11 Å². The third-order valence-corrected chi connectivity index (χ3v) is 2.64. The normalized spacial score (nSPS) is 22.1. The Kier molecular flexibility index (Phi) is 2.23. The van der Waals surface area contributed by atoms with E-state index in [1.165, 1.54) is 0 Å². The fourth-order valence-electron chi connectivity index (χ4n) is 1.79. The van der Waals surface area contributed by atoms with Crippen LogP contribution in [0.15, 0.2) is 18.2 Å². The van der Waals surface area contributed by atoms with Crippen LogP contribution >= 0.6 is 0 Å². The molecule has 2 rings (SSSR count). The summed E-state index contributed by atoms with van der Waals surface area (Å²) in [7, 11) is 0. The van der Waals surface area contributed by atoms with Gasteiger partial charge in [-0.1, -0.05) is 18.2 Å². The number of para-hydroxylation sites is 1. The zero-order chi connectivity index (χ0) is 9.26. The molecule has 1 fully saturated rings. The minimum Gasteiger partial charge on any atom is -0.507 e. The number of benzene rings is 1. The summed E-state index contributed by atoms with van der Waals surface area (Å²) < 4.78 is 5.30. The highest BCUT2D eigenvalue weighted by Crippen LogP contribution is 2.33. The van der Waals surface area contributed by atoms with Gasteiger partial charge in [0.05, 0.1) is 6.61 Å². The van der Waals surface area contributed by atoms with Crippen LogP contribution in [0, 0.1) is 6.92 Å². The molecule has 0 amide bonds. The molecular formula is C11H14O2. The van der Waals surface area contributed by atoms with Crippen molar-refractivity contribution >= 4 is 0 Å². The lowest BCUT2D eigenvalue weighted by molar-refractivity contribution is 0.193. The van der Waals surface area contributed by atoms with Crippen LogP contribution in [-0.2, 0) is 4.74 Å². The number of rotatable bonds is 1. The van der Waals surface area contributed by atoms with Gasteiger partial charge in [0.2, 0.25) is 0 Å². The molecule has 13 heavy (non-hydrogen) atoms. The average molecular weight is 178 g/mol. The van der Waals surface area contributed by atoms with Gasteiger partial charge in [0.15, 0.2) is 0 Å². The number of phenolic OH excluding ortho intramolecular Hbond substituents is 1. The van der Waals surface area contributed by atoms with Gasteiger partial charge >= 0.3 is 0 Å². The van der Waals surface area contributed by atoms with E-state index in [1.807, 2.05) is 25.1 Å². The molecule has 1 heterocycles. The predicted molar refractivity (Wildman–Crippen MR) is 51.0 cm³/mol. The lowest BCUT2D eigenvalue weighted by Crippen LogP contribution is -1.98. The molecule has 1 saturated heterocycles. The Morgan fingerprint density at radius 1 is 1.46 bits per heavy atom. The summed E-state index contributed by atoms with van der Waals surface area (Å²) in [6, 6.07) is 5.90. The lowest BCUT2D eigenvalue weighted by atomic mass is 9.96. The zero-order valence-corrected chi connectivity index (χ0v) is 7.79. The highest BCUT2D eigenvalue weighted by Gasteiger charge is 2.20. The van der Waals surface area contributed by atoms with Crippen LogP contribution < -0.4 is 0 Å². The standard InChI is InChI=1S/C11H14O2/c1-8-3-2-4-10(11(8)12)9-5-6-13-7-9/h2-4,9,12H,5-7H2,1H3/t9-/m1/s1. The van der Waals surface area contributed by atoms with Crippen LogP contribution in [0.4, 0.5) is 0 Å². The van der Waals surface area contributed by atoms with Gasteiger partial charge in [0, 0.05) is 12.5 Å². The minimum absolute atomic E-state index is 0.389. The van der Waals surface area contributed by atoms with Gasteiger partial charge in [-0.2, -0.15) is 0 Å². The summed E-state index contributed by atoms with van der Waals surface area (Å²) in [4.78, 5) is 0. The lowest BCUT2D eigenvalue weighted by Gasteiger charge is -2.11. The molecule has 1 aliphatic rings. The number of hydrogen-bond acceptors (Lipinski definition) is 2. The van der Waals surface area contributed by atoms with Crippen molar-refractivity contribution in [3.8, 4) is 5.75 Å². The van der Waals surface area contributed by atoms with Crippen LogP contribution in [0.1, 0.15) is 23.5 Å². The topological polar surface area (TPSA) is 29.5 Å². The van der Waals surface area contributed by atoms with Crippen molar-refractivity contribution in [1.82, 2.24) is 0 Å². The second kappa shape index (κ2) is 3.38. The van der Waals surface area contributed by atoms with E-state index in [2.05, 4.69) is 0 Å². The van der Waals surface area contributed by atoms with Crippen molar-refractivity contribution in [2.75, 3.05) is 13.2 Å². The summed E-state index contributed by atoms with van der Waals surface area (Å²) in [5.74, 6) is 0.831. The van der Waals surface area contributed by atoms with Crippen molar-refractivity contribution in [1.29, 1.82) is 0 Å². The van der Waals surface area contributed by atoms with E-state index >= 15 is 0 Å². The zero-order valence-electron chi connectivity index (χ0n) is 7.79. The molecule has 1 aromatic rings. The van der Waals surface area contributed by atoms with Crippen LogP contribution in [0.25, 0.3) is 0 Å². The second-order valence-electron chi connectivity index (χ2n) is 3.57. The van der Waals surface area contributed by atoms with Gasteiger partial charge in [-0.15, -0.1) is 0 Å².